The van der Waals surface area contributed by atoms with Gasteiger partial charge in [0.15, 0.2) is 0 Å². The number of rotatable bonds is 9. The molecule has 0 aromatic rings. The zero-order valence-electron chi connectivity index (χ0n) is 9.72. The summed E-state index contributed by atoms with van der Waals surface area (Å²) in [6.45, 7) is 2.01. The third kappa shape index (κ3) is 6.42. The van der Waals surface area contributed by atoms with Gasteiger partial charge < -0.3 is 10.2 Å². The zero-order chi connectivity index (χ0) is 12.7. The van der Waals surface area contributed by atoms with Gasteiger partial charge in [0.2, 0.25) is 0 Å². The van der Waals surface area contributed by atoms with Gasteiger partial charge in [-0.2, -0.15) is 8.42 Å². The highest BCUT2D eigenvalue weighted by Gasteiger charge is 2.27. The predicted octanol–water partition coefficient (Wildman–Crippen LogP) is 0.816. The first kappa shape index (κ1) is 15.8. The summed E-state index contributed by atoms with van der Waals surface area (Å²) in [5.74, 6) is -0.258. The first-order chi connectivity index (χ1) is 7.39. The SMILES string of the molecule is CCC(CCO)(CCO)CCCS(=O)(=O)O. The Balaban J connectivity index is 4.30. The minimum atomic E-state index is -3.91. The van der Waals surface area contributed by atoms with E-state index in [4.69, 9.17) is 14.8 Å². The van der Waals surface area contributed by atoms with Crippen LogP contribution in [0.3, 0.4) is 0 Å². The van der Waals surface area contributed by atoms with Crippen LogP contribution < -0.4 is 0 Å². The smallest absolute Gasteiger partial charge is 0.264 e. The Morgan fingerprint density at radius 3 is 1.88 bits per heavy atom. The van der Waals surface area contributed by atoms with E-state index in [-0.39, 0.29) is 24.4 Å². The van der Waals surface area contributed by atoms with Crippen molar-refractivity contribution in [2.24, 2.45) is 5.41 Å². The van der Waals surface area contributed by atoms with Crippen molar-refractivity contribution in [3.63, 3.8) is 0 Å². The molecule has 0 amide bonds. The van der Waals surface area contributed by atoms with Crippen molar-refractivity contribution >= 4 is 10.1 Å². The monoisotopic (exact) mass is 254 g/mol. The molecule has 0 aliphatic rings. The first-order valence-corrected chi connectivity index (χ1v) is 7.17. The van der Waals surface area contributed by atoms with Crippen LogP contribution in [0, 0.1) is 5.41 Å². The molecule has 0 rings (SSSR count). The largest absolute Gasteiger partial charge is 0.396 e. The second-order valence-corrected chi connectivity index (χ2v) is 5.76. The topological polar surface area (TPSA) is 94.8 Å². The molecule has 3 N–H and O–H groups in total. The third-order valence-electron chi connectivity index (χ3n) is 3.14. The van der Waals surface area contributed by atoms with Crippen molar-refractivity contribution in [1.82, 2.24) is 0 Å². The van der Waals surface area contributed by atoms with E-state index in [2.05, 4.69) is 0 Å². The zero-order valence-corrected chi connectivity index (χ0v) is 10.5. The van der Waals surface area contributed by atoms with Crippen molar-refractivity contribution in [3.05, 3.63) is 0 Å². The average molecular weight is 254 g/mol. The summed E-state index contributed by atoms with van der Waals surface area (Å²) in [7, 11) is -3.91. The van der Waals surface area contributed by atoms with Gasteiger partial charge in [0.05, 0.1) is 5.75 Å². The number of hydrogen-bond donors (Lipinski definition) is 3. The molecule has 0 spiro atoms. The highest BCUT2D eigenvalue weighted by atomic mass is 32.2. The van der Waals surface area contributed by atoms with Crippen molar-refractivity contribution in [2.75, 3.05) is 19.0 Å². The van der Waals surface area contributed by atoms with Crippen LogP contribution >= 0.6 is 0 Å². The van der Waals surface area contributed by atoms with E-state index in [0.717, 1.165) is 6.42 Å². The summed E-state index contributed by atoms with van der Waals surface area (Å²) in [4.78, 5) is 0. The maximum absolute atomic E-state index is 10.6. The van der Waals surface area contributed by atoms with E-state index in [1.54, 1.807) is 0 Å². The van der Waals surface area contributed by atoms with E-state index in [1.807, 2.05) is 6.92 Å². The van der Waals surface area contributed by atoms with Gasteiger partial charge in [-0.3, -0.25) is 4.55 Å². The average Bonchev–Trinajstić information content (AvgIpc) is 2.16. The molecule has 0 radical (unpaired) electrons. The van der Waals surface area contributed by atoms with Crippen molar-refractivity contribution in [2.45, 2.75) is 39.0 Å². The van der Waals surface area contributed by atoms with E-state index >= 15 is 0 Å². The van der Waals surface area contributed by atoms with Gasteiger partial charge in [-0.1, -0.05) is 13.3 Å². The summed E-state index contributed by atoms with van der Waals surface area (Å²) >= 11 is 0. The van der Waals surface area contributed by atoms with Crippen LogP contribution in [0.1, 0.15) is 39.0 Å². The van der Waals surface area contributed by atoms with Crippen LogP contribution in [0.25, 0.3) is 0 Å². The highest BCUT2D eigenvalue weighted by Crippen LogP contribution is 2.35. The highest BCUT2D eigenvalue weighted by molar-refractivity contribution is 7.85. The van der Waals surface area contributed by atoms with E-state index in [1.165, 1.54) is 0 Å². The molecule has 0 heterocycles. The molecule has 16 heavy (non-hydrogen) atoms. The lowest BCUT2D eigenvalue weighted by atomic mass is 9.75. The van der Waals surface area contributed by atoms with Gasteiger partial charge in [0, 0.05) is 13.2 Å². The molecule has 0 unspecified atom stereocenters. The maximum Gasteiger partial charge on any atom is 0.264 e. The van der Waals surface area contributed by atoms with Gasteiger partial charge in [0.25, 0.3) is 10.1 Å². The van der Waals surface area contributed by atoms with Gasteiger partial charge in [-0.15, -0.1) is 0 Å². The van der Waals surface area contributed by atoms with E-state index in [0.29, 0.717) is 25.7 Å². The number of aliphatic hydroxyl groups excluding tert-OH is 2. The second kappa shape index (κ2) is 7.21. The fourth-order valence-electron chi connectivity index (χ4n) is 2.01. The predicted molar refractivity (Wildman–Crippen MR) is 61.8 cm³/mol. The molecule has 0 aliphatic carbocycles. The molecule has 6 heteroatoms. The van der Waals surface area contributed by atoms with Crippen LogP contribution in [0.5, 0.6) is 0 Å². The van der Waals surface area contributed by atoms with Crippen LogP contribution in [0.4, 0.5) is 0 Å². The molecule has 0 fully saturated rings. The molecule has 0 aromatic carbocycles. The summed E-state index contributed by atoms with van der Waals surface area (Å²) in [5.41, 5.74) is -0.214. The molecular formula is C10H22O5S. The maximum atomic E-state index is 10.6. The Hall–Kier alpha value is -0.170. The Morgan fingerprint density at radius 2 is 1.56 bits per heavy atom. The normalized spacial score (nSPS) is 13.0. The molecule has 0 saturated carbocycles. The second-order valence-electron chi connectivity index (χ2n) is 4.19. The Kier molecular flexibility index (Phi) is 7.14. The molecule has 0 aliphatic heterocycles. The lowest BCUT2D eigenvalue weighted by Gasteiger charge is -2.31. The fourth-order valence-corrected chi connectivity index (χ4v) is 2.52. The van der Waals surface area contributed by atoms with E-state index in [9.17, 15) is 8.42 Å². The van der Waals surface area contributed by atoms with E-state index < -0.39 is 10.1 Å². The molecule has 0 bridgehead atoms. The van der Waals surface area contributed by atoms with Crippen molar-refractivity contribution in [1.29, 1.82) is 0 Å². The van der Waals surface area contributed by atoms with Gasteiger partial charge >= 0.3 is 0 Å². The molecular weight excluding hydrogens is 232 g/mol. The van der Waals surface area contributed by atoms with Crippen molar-refractivity contribution in [3.8, 4) is 0 Å². The summed E-state index contributed by atoms with van der Waals surface area (Å²) in [5, 5.41) is 17.9. The molecule has 0 aromatic heterocycles. The van der Waals surface area contributed by atoms with Gasteiger partial charge in [0.1, 0.15) is 0 Å². The molecule has 5 nitrogen and oxygen atoms in total. The summed E-state index contributed by atoms with van der Waals surface area (Å²) in [6.07, 6.45) is 2.82. The molecule has 0 saturated heterocycles. The Labute approximate surface area is 97.2 Å². The lowest BCUT2D eigenvalue weighted by Crippen LogP contribution is -2.24. The lowest BCUT2D eigenvalue weighted by molar-refractivity contribution is 0.118. The standard InChI is InChI=1S/C10H22O5S/c1-2-10(5-7-11,6-8-12)4-3-9-16(13,14)15/h11-12H,2-9H2,1H3,(H,13,14,15). The van der Waals surface area contributed by atoms with Crippen molar-refractivity contribution < 1.29 is 23.2 Å². The quantitative estimate of drug-likeness (QED) is 0.529. The van der Waals surface area contributed by atoms with Crippen LogP contribution in [0.15, 0.2) is 0 Å². The molecule has 98 valence electrons. The molecule has 0 atom stereocenters. The minimum absolute atomic E-state index is 0.0275. The Morgan fingerprint density at radius 1 is 1.06 bits per heavy atom. The summed E-state index contributed by atoms with van der Waals surface area (Å²) < 4.78 is 29.8. The number of aliphatic hydroxyl groups is 2. The van der Waals surface area contributed by atoms with Crippen LogP contribution in [-0.2, 0) is 10.1 Å². The van der Waals surface area contributed by atoms with Gasteiger partial charge in [-0.05, 0) is 31.1 Å². The Bertz CT molecular complexity index is 267. The van der Waals surface area contributed by atoms with Crippen LogP contribution in [0.2, 0.25) is 0 Å². The first-order valence-electron chi connectivity index (χ1n) is 5.56. The minimum Gasteiger partial charge on any atom is -0.396 e. The van der Waals surface area contributed by atoms with Gasteiger partial charge in [-0.25, -0.2) is 0 Å². The fraction of sp³-hybridized carbons (Fsp3) is 1.00. The van der Waals surface area contributed by atoms with Crippen LogP contribution in [-0.4, -0.2) is 42.2 Å². The number of hydrogen-bond acceptors (Lipinski definition) is 4. The summed E-state index contributed by atoms with van der Waals surface area (Å²) in [6, 6.07) is 0. The third-order valence-corrected chi connectivity index (χ3v) is 3.95.